The minimum atomic E-state index is -1.25. The predicted octanol–water partition coefficient (Wildman–Crippen LogP) is 0.656. The van der Waals surface area contributed by atoms with Crippen molar-refractivity contribution in [2.45, 2.75) is 12.8 Å². The summed E-state index contributed by atoms with van der Waals surface area (Å²) in [4.78, 5) is 34.6. The summed E-state index contributed by atoms with van der Waals surface area (Å²) in [6.45, 7) is -0.397. The third kappa shape index (κ3) is 3.71. The maximum absolute atomic E-state index is 12.3. The topological polar surface area (TPSA) is 107 Å². The van der Waals surface area contributed by atoms with Gasteiger partial charge in [-0.15, -0.1) is 0 Å². The van der Waals surface area contributed by atoms with Crippen LogP contribution in [0.4, 0.5) is 5.69 Å². The van der Waals surface area contributed by atoms with Gasteiger partial charge in [0.05, 0.1) is 0 Å². The molecule has 0 aliphatic carbocycles. The molecule has 0 aromatic heterocycles. The fourth-order valence-corrected chi connectivity index (χ4v) is 2.32. The zero-order chi connectivity index (χ0) is 15.4. The van der Waals surface area contributed by atoms with Crippen LogP contribution >= 0.6 is 0 Å². The lowest BCUT2D eigenvalue weighted by atomic mass is 10.0. The SMILES string of the molecule is O=C(O)CN(CC(=O)O)C(=O)c1ccc2c(c1)CCCN2. The number of nitrogens with one attached hydrogen (secondary N) is 1. The molecule has 1 amide bonds. The molecule has 1 aromatic carbocycles. The number of fused-ring (bicyclic) bond motifs is 1. The summed E-state index contributed by atoms with van der Waals surface area (Å²) in [5.74, 6) is -3.08. The molecule has 1 aromatic rings. The lowest BCUT2D eigenvalue weighted by Gasteiger charge is -2.21. The highest BCUT2D eigenvalue weighted by Crippen LogP contribution is 2.23. The number of amides is 1. The molecule has 0 saturated carbocycles. The molecule has 3 N–H and O–H groups in total. The highest BCUT2D eigenvalue weighted by atomic mass is 16.4. The zero-order valence-corrected chi connectivity index (χ0v) is 11.3. The van der Waals surface area contributed by atoms with E-state index in [1.165, 1.54) is 0 Å². The third-order valence-electron chi connectivity index (χ3n) is 3.23. The van der Waals surface area contributed by atoms with Gasteiger partial charge in [-0.05, 0) is 36.6 Å². The van der Waals surface area contributed by atoms with E-state index in [-0.39, 0.29) is 0 Å². The first-order valence-corrected chi connectivity index (χ1v) is 6.57. The van der Waals surface area contributed by atoms with E-state index in [0.29, 0.717) is 5.56 Å². The van der Waals surface area contributed by atoms with Crippen LogP contribution in [0.5, 0.6) is 0 Å². The van der Waals surface area contributed by atoms with Crippen LogP contribution in [0.25, 0.3) is 0 Å². The number of hydrogen-bond donors (Lipinski definition) is 3. The Morgan fingerprint density at radius 2 is 1.81 bits per heavy atom. The number of hydrogen-bond acceptors (Lipinski definition) is 4. The number of carboxylic acids is 2. The van der Waals surface area contributed by atoms with Crippen LogP contribution in [0, 0.1) is 0 Å². The molecule has 1 aliphatic rings. The maximum Gasteiger partial charge on any atom is 0.323 e. The van der Waals surface area contributed by atoms with Gasteiger partial charge in [0.2, 0.25) is 0 Å². The van der Waals surface area contributed by atoms with E-state index in [2.05, 4.69) is 5.32 Å². The number of rotatable bonds is 5. The number of carboxylic acid groups (broad SMARTS) is 2. The van der Waals surface area contributed by atoms with Crippen LogP contribution in [-0.2, 0) is 16.0 Å². The molecular weight excluding hydrogens is 276 g/mol. The molecule has 0 atom stereocenters. The van der Waals surface area contributed by atoms with Crippen molar-refractivity contribution in [3.63, 3.8) is 0 Å². The third-order valence-corrected chi connectivity index (χ3v) is 3.23. The molecule has 112 valence electrons. The lowest BCUT2D eigenvalue weighted by Crippen LogP contribution is -2.39. The van der Waals surface area contributed by atoms with Crippen molar-refractivity contribution < 1.29 is 24.6 Å². The highest BCUT2D eigenvalue weighted by molar-refractivity contribution is 5.98. The fourth-order valence-electron chi connectivity index (χ4n) is 2.32. The fraction of sp³-hybridized carbons (Fsp3) is 0.357. The molecule has 7 heteroatoms. The molecule has 0 fully saturated rings. The summed E-state index contributed by atoms with van der Waals surface area (Å²) in [6.07, 6.45) is 1.79. The minimum absolute atomic E-state index is 0.306. The van der Waals surface area contributed by atoms with Gasteiger partial charge in [-0.1, -0.05) is 0 Å². The second-order valence-corrected chi connectivity index (χ2v) is 4.85. The van der Waals surface area contributed by atoms with Crippen LogP contribution in [0.3, 0.4) is 0 Å². The molecule has 0 unspecified atom stereocenters. The normalized spacial score (nSPS) is 13.0. The molecule has 1 heterocycles. The van der Waals surface area contributed by atoms with Gasteiger partial charge < -0.3 is 20.4 Å². The van der Waals surface area contributed by atoms with Gasteiger partial charge in [-0.25, -0.2) is 0 Å². The Hall–Kier alpha value is -2.57. The predicted molar refractivity (Wildman–Crippen MR) is 74.4 cm³/mol. The van der Waals surface area contributed by atoms with Gasteiger partial charge in [-0.2, -0.15) is 0 Å². The number of carbonyl (C=O) groups excluding carboxylic acids is 1. The van der Waals surface area contributed by atoms with Crippen molar-refractivity contribution in [2.24, 2.45) is 0 Å². The molecule has 21 heavy (non-hydrogen) atoms. The second kappa shape index (κ2) is 6.25. The van der Waals surface area contributed by atoms with Crippen molar-refractivity contribution in [1.29, 1.82) is 0 Å². The monoisotopic (exact) mass is 292 g/mol. The van der Waals surface area contributed by atoms with E-state index in [0.717, 1.165) is 35.5 Å². The first-order chi connectivity index (χ1) is 9.97. The van der Waals surface area contributed by atoms with Crippen molar-refractivity contribution in [1.82, 2.24) is 4.90 Å². The van der Waals surface area contributed by atoms with Crippen LogP contribution in [0.2, 0.25) is 0 Å². The van der Waals surface area contributed by atoms with E-state index in [1.54, 1.807) is 18.2 Å². The van der Waals surface area contributed by atoms with Crippen LogP contribution in [0.1, 0.15) is 22.3 Å². The van der Waals surface area contributed by atoms with E-state index >= 15 is 0 Å². The number of aliphatic carboxylic acids is 2. The first-order valence-electron chi connectivity index (χ1n) is 6.57. The average molecular weight is 292 g/mol. The summed E-state index contributed by atoms with van der Waals surface area (Å²) in [5, 5.41) is 20.8. The van der Waals surface area contributed by atoms with Gasteiger partial charge in [-0.3, -0.25) is 14.4 Å². The van der Waals surface area contributed by atoms with Crippen LogP contribution < -0.4 is 5.32 Å². The molecule has 0 saturated heterocycles. The molecule has 0 radical (unpaired) electrons. The first kappa shape index (κ1) is 14.8. The van der Waals surface area contributed by atoms with Gasteiger partial charge in [0.15, 0.2) is 0 Å². The Kier molecular flexibility index (Phi) is 4.42. The van der Waals surface area contributed by atoms with E-state index in [4.69, 9.17) is 10.2 Å². The summed E-state index contributed by atoms with van der Waals surface area (Å²) in [6, 6.07) is 5.04. The number of benzene rings is 1. The molecule has 0 bridgehead atoms. The van der Waals surface area contributed by atoms with Gasteiger partial charge in [0, 0.05) is 17.8 Å². The summed E-state index contributed by atoms with van der Waals surface area (Å²) in [5.41, 5.74) is 2.25. The maximum atomic E-state index is 12.3. The second-order valence-electron chi connectivity index (χ2n) is 4.85. The highest BCUT2D eigenvalue weighted by Gasteiger charge is 2.22. The van der Waals surface area contributed by atoms with Crippen molar-refractivity contribution in [3.05, 3.63) is 29.3 Å². The number of aryl methyl sites for hydroxylation is 1. The van der Waals surface area contributed by atoms with Gasteiger partial charge in [0.1, 0.15) is 13.1 Å². The average Bonchev–Trinajstić information content (AvgIpc) is 2.44. The van der Waals surface area contributed by atoms with Crippen molar-refractivity contribution in [3.8, 4) is 0 Å². The Morgan fingerprint density at radius 3 is 2.43 bits per heavy atom. The number of nitrogens with zero attached hydrogens (tertiary/aromatic N) is 1. The smallest absolute Gasteiger partial charge is 0.323 e. The Labute approximate surface area is 121 Å². The molecule has 7 nitrogen and oxygen atoms in total. The molecule has 1 aliphatic heterocycles. The molecule has 2 rings (SSSR count). The summed E-state index contributed by atoms with van der Waals surface area (Å²) in [7, 11) is 0. The number of carbonyl (C=O) groups is 3. The lowest BCUT2D eigenvalue weighted by molar-refractivity contribution is -0.140. The van der Waals surface area contributed by atoms with E-state index in [1.807, 2.05) is 0 Å². The van der Waals surface area contributed by atoms with Crippen molar-refractivity contribution >= 4 is 23.5 Å². The largest absolute Gasteiger partial charge is 0.480 e. The van der Waals surface area contributed by atoms with Gasteiger partial charge >= 0.3 is 11.9 Å². The molecule has 0 spiro atoms. The Morgan fingerprint density at radius 1 is 1.14 bits per heavy atom. The Balaban J connectivity index is 2.23. The standard InChI is InChI=1S/C14H16N2O5/c17-12(18)7-16(8-13(19)20)14(21)10-3-4-11-9(6-10)2-1-5-15-11/h3-4,6,15H,1-2,5,7-8H2,(H,17,18)(H,19,20). The quantitative estimate of drug-likeness (QED) is 0.736. The molecular formula is C14H16N2O5. The van der Waals surface area contributed by atoms with E-state index < -0.39 is 30.9 Å². The summed E-state index contributed by atoms with van der Waals surface area (Å²) >= 11 is 0. The zero-order valence-electron chi connectivity index (χ0n) is 11.3. The van der Waals surface area contributed by atoms with E-state index in [9.17, 15) is 14.4 Å². The van der Waals surface area contributed by atoms with Crippen LogP contribution in [-0.4, -0.2) is 52.6 Å². The minimum Gasteiger partial charge on any atom is -0.480 e. The summed E-state index contributed by atoms with van der Waals surface area (Å²) < 4.78 is 0. The Bertz CT molecular complexity index is 569. The van der Waals surface area contributed by atoms with Gasteiger partial charge in [0.25, 0.3) is 5.91 Å². The van der Waals surface area contributed by atoms with Crippen LogP contribution in [0.15, 0.2) is 18.2 Å². The van der Waals surface area contributed by atoms with Crippen molar-refractivity contribution in [2.75, 3.05) is 25.0 Å². The number of anilines is 1.